The van der Waals surface area contributed by atoms with E-state index in [1.54, 1.807) is 7.11 Å². The molecular formula is C15H20ClN3O2. The maximum Gasteiger partial charge on any atom is 0.221 e. The quantitative estimate of drug-likeness (QED) is 0.835. The van der Waals surface area contributed by atoms with Crippen molar-refractivity contribution in [2.24, 2.45) is 0 Å². The topological polar surface area (TPSA) is 56.2 Å². The number of hydrogen-bond acceptors (Lipinski definition) is 3. The van der Waals surface area contributed by atoms with E-state index < -0.39 is 0 Å². The van der Waals surface area contributed by atoms with Crippen LogP contribution >= 0.6 is 11.6 Å². The Hall–Kier alpha value is -1.75. The average molecular weight is 310 g/mol. The molecule has 0 aliphatic heterocycles. The van der Waals surface area contributed by atoms with E-state index in [2.05, 4.69) is 10.3 Å². The highest BCUT2D eigenvalue weighted by atomic mass is 35.5. The van der Waals surface area contributed by atoms with Gasteiger partial charge >= 0.3 is 0 Å². The summed E-state index contributed by atoms with van der Waals surface area (Å²) >= 11 is 5.96. The molecule has 114 valence electrons. The summed E-state index contributed by atoms with van der Waals surface area (Å²) in [6.45, 7) is 4.45. The number of alkyl halides is 1. The SMILES string of the molecule is COc1ccc2c(c1)nc(CCl)n2CCC(=O)NC(C)C. The molecule has 2 rings (SSSR count). The minimum Gasteiger partial charge on any atom is -0.497 e. The number of imidazole rings is 1. The minimum absolute atomic E-state index is 0.0286. The lowest BCUT2D eigenvalue weighted by molar-refractivity contribution is -0.121. The van der Waals surface area contributed by atoms with Crippen molar-refractivity contribution < 1.29 is 9.53 Å². The zero-order chi connectivity index (χ0) is 15.4. The van der Waals surface area contributed by atoms with Gasteiger partial charge in [0.25, 0.3) is 0 Å². The van der Waals surface area contributed by atoms with Crippen LogP contribution in [-0.4, -0.2) is 28.6 Å². The van der Waals surface area contributed by atoms with E-state index in [1.165, 1.54) is 0 Å². The van der Waals surface area contributed by atoms with E-state index in [-0.39, 0.29) is 11.9 Å². The van der Waals surface area contributed by atoms with Crippen LogP contribution in [0.15, 0.2) is 18.2 Å². The molecule has 0 fully saturated rings. The third-order valence-corrected chi connectivity index (χ3v) is 3.41. The Morgan fingerprint density at radius 1 is 1.48 bits per heavy atom. The fourth-order valence-electron chi connectivity index (χ4n) is 2.25. The fourth-order valence-corrected chi connectivity index (χ4v) is 2.45. The van der Waals surface area contributed by atoms with Crippen molar-refractivity contribution in [1.82, 2.24) is 14.9 Å². The predicted octanol–water partition coefficient (Wildman–Crippen LogP) is 2.70. The van der Waals surface area contributed by atoms with Crippen LogP contribution in [0.4, 0.5) is 0 Å². The lowest BCUT2D eigenvalue weighted by Crippen LogP contribution is -2.30. The third kappa shape index (κ3) is 3.67. The van der Waals surface area contributed by atoms with Crippen molar-refractivity contribution in [1.29, 1.82) is 0 Å². The number of carbonyl (C=O) groups excluding carboxylic acids is 1. The van der Waals surface area contributed by atoms with Gasteiger partial charge in [0, 0.05) is 25.1 Å². The number of nitrogens with zero attached hydrogens (tertiary/aromatic N) is 2. The first kappa shape index (κ1) is 15.6. The Bertz CT molecular complexity index is 637. The molecular weight excluding hydrogens is 290 g/mol. The molecule has 0 saturated carbocycles. The summed E-state index contributed by atoms with van der Waals surface area (Å²) in [6.07, 6.45) is 0.402. The first-order valence-corrected chi connectivity index (χ1v) is 7.47. The molecule has 0 unspecified atom stereocenters. The van der Waals surface area contributed by atoms with Crippen LogP contribution in [0.5, 0.6) is 5.75 Å². The number of nitrogens with one attached hydrogen (secondary N) is 1. The monoisotopic (exact) mass is 309 g/mol. The number of carbonyl (C=O) groups is 1. The smallest absolute Gasteiger partial charge is 0.221 e. The van der Waals surface area contributed by atoms with Crippen LogP contribution in [0.2, 0.25) is 0 Å². The van der Waals surface area contributed by atoms with Gasteiger partial charge in [0.15, 0.2) is 0 Å². The molecule has 0 spiro atoms. The number of ether oxygens (including phenoxy) is 1. The molecule has 21 heavy (non-hydrogen) atoms. The highest BCUT2D eigenvalue weighted by molar-refractivity contribution is 6.16. The van der Waals surface area contributed by atoms with Crippen LogP contribution in [0.1, 0.15) is 26.1 Å². The van der Waals surface area contributed by atoms with Gasteiger partial charge in [-0.1, -0.05) is 0 Å². The zero-order valence-corrected chi connectivity index (χ0v) is 13.3. The van der Waals surface area contributed by atoms with Gasteiger partial charge in [0.1, 0.15) is 11.6 Å². The van der Waals surface area contributed by atoms with Crippen molar-refractivity contribution in [3.8, 4) is 5.75 Å². The lowest BCUT2D eigenvalue weighted by atomic mass is 10.3. The fraction of sp³-hybridized carbons (Fsp3) is 0.467. The van der Waals surface area contributed by atoms with Gasteiger partial charge in [-0.05, 0) is 26.0 Å². The van der Waals surface area contributed by atoms with Crippen molar-refractivity contribution in [2.75, 3.05) is 7.11 Å². The molecule has 0 bridgehead atoms. The summed E-state index contributed by atoms with van der Waals surface area (Å²) in [4.78, 5) is 16.3. The summed E-state index contributed by atoms with van der Waals surface area (Å²) < 4.78 is 7.19. The highest BCUT2D eigenvalue weighted by Gasteiger charge is 2.12. The van der Waals surface area contributed by atoms with Gasteiger partial charge in [-0.2, -0.15) is 0 Å². The molecule has 6 heteroatoms. The van der Waals surface area contributed by atoms with Crippen LogP contribution in [0.3, 0.4) is 0 Å². The van der Waals surface area contributed by atoms with Crippen molar-refractivity contribution >= 4 is 28.5 Å². The Labute approximate surface area is 129 Å². The Kier molecular flexibility index (Phi) is 5.07. The number of fused-ring (bicyclic) bond motifs is 1. The number of methoxy groups -OCH3 is 1. The molecule has 0 radical (unpaired) electrons. The standard InChI is InChI=1S/C15H20ClN3O2/c1-10(2)17-15(20)6-7-19-13-5-4-11(21-3)8-12(13)18-14(19)9-16/h4-5,8,10H,6-7,9H2,1-3H3,(H,17,20). The summed E-state index contributed by atoms with van der Waals surface area (Å²) in [7, 11) is 1.62. The normalized spacial score (nSPS) is 11.1. The van der Waals surface area contributed by atoms with E-state index in [0.717, 1.165) is 22.6 Å². The first-order chi connectivity index (χ1) is 10.0. The Balaban J connectivity index is 2.23. The molecule has 0 aliphatic rings. The minimum atomic E-state index is 0.0286. The van der Waals surface area contributed by atoms with E-state index in [4.69, 9.17) is 16.3 Å². The van der Waals surface area contributed by atoms with Gasteiger partial charge in [0.2, 0.25) is 5.91 Å². The van der Waals surface area contributed by atoms with E-state index in [9.17, 15) is 4.79 Å². The second-order valence-electron chi connectivity index (χ2n) is 5.14. The summed E-state index contributed by atoms with van der Waals surface area (Å²) in [5, 5.41) is 2.88. The Morgan fingerprint density at radius 2 is 2.24 bits per heavy atom. The number of halogens is 1. The third-order valence-electron chi connectivity index (χ3n) is 3.17. The predicted molar refractivity (Wildman–Crippen MR) is 83.7 cm³/mol. The molecule has 1 aromatic carbocycles. The second-order valence-corrected chi connectivity index (χ2v) is 5.41. The van der Waals surface area contributed by atoms with Crippen LogP contribution in [0.25, 0.3) is 11.0 Å². The molecule has 5 nitrogen and oxygen atoms in total. The largest absolute Gasteiger partial charge is 0.497 e. The van der Waals surface area contributed by atoms with Gasteiger partial charge in [0.05, 0.1) is 24.0 Å². The van der Waals surface area contributed by atoms with Crippen LogP contribution < -0.4 is 10.1 Å². The number of amides is 1. The highest BCUT2D eigenvalue weighted by Crippen LogP contribution is 2.23. The van der Waals surface area contributed by atoms with Gasteiger partial charge < -0.3 is 14.6 Å². The maximum absolute atomic E-state index is 11.8. The molecule has 1 N–H and O–H groups in total. The molecule has 0 atom stereocenters. The zero-order valence-electron chi connectivity index (χ0n) is 12.5. The summed E-state index contributed by atoms with van der Waals surface area (Å²) in [5.74, 6) is 1.85. The van der Waals surface area contributed by atoms with Crippen LogP contribution in [0, 0.1) is 0 Å². The molecule has 1 heterocycles. The maximum atomic E-state index is 11.8. The number of aryl methyl sites for hydroxylation is 1. The van der Waals surface area contributed by atoms with Crippen LogP contribution in [-0.2, 0) is 17.2 Å². The van der Waals surface area contributed by atoms with Gasteiger partial charge in [-0.3, -0.25) is 4.79 Å². The van der Waals surface area contributed by atoms with Crippen molar-refractivity contribution in [3.05, 3.63) is 24.0 Å². The van der Waals surface area contributed by atoms with Crippen molar-refractivity contribution in [3.63, 3.8) is 0 Å². The summed E-state index contributed by atoms with van der Waals surface area (Å²) in [6, 6.07) is 5.84. The van der Waals surface area contributed by atoms with Gasteiger partial charge in [-0.25, -0.2) is 4.98 Å². The lowest BCUT2D eigenvalue weighted by Gasteiger charge is -2.10. The number of benzene rings is 1. The Morgan fingerprint density at radius 3 is 2.86 bits per heavy atom. The first-order valence-electron chi connectivity index (χ1n) is 6.93. The van der Waals surface area contributed by atoms with Gasteiger partial charge in [-0.15, -0.1) is 11.6 Å². The molecule has 0 saturated heterocycles. The van der Waals surface area contributed by atoms with E-state index >= 15 is 0 Å². The second kappa shape index (κ2) is 6.80. The van der Waals surface area contributed by atoms with E-state index in [1.807, 2.05) is 36.6 Å². The number of rotatable bonds is 6. The van der Waals surface area contributed by atoms with Crippen molar-refractivity contribution in [2.45, 2.75) is 38.7 Å². The number of aromatic nitrogens is 2. The molecule has 2 aromatic rings. The van der Waals surface area contributed by atoms with E-state index in [0.29, 0.717) is 18.8 Å². The molecule has 1 amide bonds. The molecule has 0 aliphatic carbocycles. The molecule has 1 aromatic heterocycles. The summed E-state index contributed by atoms with van der Waals surface area (Å²) in [5.41, 5.74) is 1.79. The average Bonchev–Trinajstić information content (AvgIpc) is 2.81. The number of hydrogen-bond donors (Lipinski definition) is 1.